The zero-order chi connectivity index (χ0) is 18.6. The molecular weight excluding hydrogens is 340 g/mol. The van der Waals surface area contributed by atoms with E-state index in [-0.39, 0.29) is 18.6 Å². The predicted octanol–water partition coefficient (Wildman–Crippen LogP) is 2.77. The molecule has 1 unspecified atom stereocenters. The van der Waals surface area contributed by atoms with E-state index in [9.17, 15) is 4.79 Å². The van der Waals surface area contributed by atoms with Crippen LogP contribution in [0.2, 0.25) is 0 Å². The van der Waals surface area contributed by atoms with Crippen LogP contribution in [0.3, 0.4) is 0 Å². The van der Waals surface area contributed by atoms with Gasteiger partial charge in [0, 0.05) is 32.3 Å². The van der Waals surface area contributed by atoms with E-state index in [4.69, 9.17) is 4.74 Å². The fraction of sp³-hybridized carbons (Fsp3) is 0.810. The lowest BCUT2D eigenvalue weighted by Gasteiger charge is -2.43. The maximum Gasteiger partial charge on any atom is 0.249 e. The molecular formula is C21H34N4O2. The van der Waals surface area contributed by atoms with Gasteiger partial charge in [0.25, 0.3) is 0 Å². The van der Waals surface area contributed by atoms with Gasteiger partial charge in [-0.2, -0.15) is 0 Å². The number of hydrogen-bond donors (Lipinski definition) is 1. The molecule has 0 bridgehead atoms. The molecule has 1 amide bonds. The predicted molar refractivity (Wildman–Crippen MR) is 104 cm³/mol. The van der Waals surface area contributed by atoms with Crippen molar-refractivity contribution in [2.75, 3.05) is 39.9 Å². The summed E-state index contributed by atoms with van der Waals surface area (Å²) in [5, 5.41) is 0. The van der Waals surface area contributed by atoms with E-state index in [0.29, 0.717) is 5.92 Å². The van der Waals surface area contributed by atoms with Gasteiger partial charge in [0.2, 0.25) is 5.91 Å². The number of carbonyl (C=O) groups excluding carboxylic acids is 1. The molecule has 0 aromatic carbocycles. The van der Waals surface area contributed by atoms with Crippen LogP contribution >= 0.6 is 0 Å². The van der Waals surface area contributed by atoms with Crippen molar-refractivity contribution in [3.05, 3.63) is 17.7 Å². The molecule has 0 radical (unpaired) electrons. The molecule has 0 spiro atoms. The summed E-state index contributed by atoms with van der Waals surface area (Å²) in [6, 6.07) is 0.111. The average Bonchev–Trinajstić information content (AvgIpc) is 3.18. The molecule has 2 fully saturated rings. The molecule has 1 aromatic heterocycles. The number of rotatable bonds is 5. The Hall–Kier alpha value is -1.40. The zero-order valence-corrected chi connectivity index (χ0v) is 16.7. The highest BCUT2D eigenvalue weighted by Crippen LogP contribution is 2.39. The Kier molecular flexibility index (Phi) is 6.13. The average molecular weight is 375 g/mol. The molecule has 27 heavy (non-hydrogen) atoms. The van der Waals surface area contributed by atoms with Crippen molar-refractivity contribution >= 4 is 5.91 Å². The number of aromatic amines is 1. The van der Waals surface area contributed by atoms with Gasteiger partial charge in [0.1, 0.15) is 6.61 Å². The van der Waals surface area contributed by atoms with Crippen molar-refractivity contribution in [2.45, 2.75) is 57.4 Å². The van der Waals surface area contributed by atoms with E-state index in [1.807, 2.05) is 4.90 Å². The van der Waals surface area contributed by atoms with Crippen molar-refractivity contribution in [1.29, 1.82) is 0 Å². The van der Waals surface area contributed by atoms with Crippen LogP contribution in [0.5, 0.6) is 0 Å². The highest BCUT2D eigenvalue weighted by molar-refractivity contribution is 5.78. The summed E-state index contributed by atoms with van der Waals surface area (Å²) >= 11 is 0. The molecule has 1 N–H and O–H groups in total. The Balaban J connectivity index is 1.41. The molecule has 6 heteroatoms. The fourth-order valence-corrected chi connectivity index (χ4v) is 5.46. The van der Waals surface area contributed by atoms with E-state index in [1.165, 1.54) is 44.3 Å². The number of aromatic nitrogens is 2. The molecule has 1 aliphatic carbocycles. The number of carbonyl (C=O) groups is 1. The first-order valence-corrected chi connectivity index (χ1v) is 10.8. The third-order valence-corrected chi connectivity index (χ3v) is 6.88. The van der Waals surface area contributed by atoms with Crippen molar-refractivity contribution in [3.63, 3.8) is 0 Å². The summed E-state index contributed by atoms with van der Waals surface area (Å²) < 4.78 is 5.14. The summed E-state index contributed by atoms with van der Waals surface area (Å²) in [4.78, 5) is 25.3. The first kappa shape index (κ1) is 18.9. The van der Waals surface area contributed by atoms with Crippen LogP contribution in [-0.4, -0.2) is 65.6 Å². The minimum absolute atomic E-state index is 0.0979. The van der Waals surface area contributed by atoms with E-state index in [0.717, 1.165) is 50.5 Å². The van der Waals surface area contributed by atoms with Crippen molar-refractivity contribution in [1.82, 2.24) is 19.8 Å². The normalized spacial score (nSPS) is 25.5. The molecule has 6 nitrogen and oxygen atoms in total. The van der Waals surface area contributed by atoms with E-state index in [2.05, 4.69) is 14.9 Å². The quantitative estimate of drug-likeness (QED) is 0.861. The SMILES string of the molecule is COCC(=O)N1CCc2[nH]cnc2C1C1CCN(CC2CCCCC2)CC1. The van der Waals surface area contributed by atoms with Crippen molar-refractivity contribution < 1.29 is 9.53 Å². The van der Waals surface area contributed by atoms with Crippen LogP contribution in [0.25, 0.3) is 0 Å². The number of likely N-dealkylation sites (tertiary alicyclic amines) is 1. The zero-order valence-electron chi connectivity index (χ0n) is 16.7. The first-order valence-electron chi connectivity index (χ1n) is 10.8. The van der Waals surface area contributed by atoms with Crippen LogP contribution in [0.4, 0.5) is 0 Å². The number of ether oxygens (including phenoxy) is 1. The summed E-state index contributed by atoms with van der Waals surface area (Å²) in [6.45, 7) is 4.52. The molecule has 3 heterocycles. The number of methoxy groups -OCH3 is 1. The standard InChI is InChI=1S/C21H34N4O2/c1-27-14-19(26)25-12-9-18-20(23-15-22-18)21(25)17-7-10-24(11-8-17)13-16-5-3-2-4-6-16/h15-17,21H,2-14H2,1H3,(H,22,23). The van der Waals surface area contributed by atoms with E-state index in [1.54, 1.807) is 13.4 Å². The molecule has 3 aliphatic rings. The Morgan fingerprint density at radius 3 is 2.70 bits per heavy atom. The number of fused-ring (bicyclic) bond motifs is 1. The van der Waals surface area contributed by atoms with Crippen molar-refractivity contribution in [2.24, 2.45) is 11.8 Å². The number of imidazole rings is 1. The number of nitrogens with one attached hydrogen (secondary N) is 1. The molecule has 1 saturated carbocycles. The lowest BCUT2D eigenvalue weighted by atomic mass is 9.83. The minimum Gasteiger partial charge on any atom is -0.375 e. The molecule has 4 rings (SSSR count). The van der Waals surface area contributed by atoms with Gasteiger partial charge in [-0.25, -0.2) is 4.98 Å². The maximum absolute atomic E-state index is 12.7. The van der Waals surface area contributed by atoms with Gasteiger partial charge < -0.3 is 19.5 Å². The number of piperidine rings is 1. The molecule has 2 aliphatic heterocycles. The van der Waals surface area contributed by atoms with Gasteiger partial charge in [-0.3, -0.25) is 4.79 Å². The molecule has 150 valence electrons. The molecule has 1 atom stereocenters. The van der Waals surface area contributed by atoms with Crippen LogP contribution in [0.1, 0.15) is 62.4 Å². The van der Waals surface area contributed by atoms with Gasteiger partial charge in [0.15, 0.2) is 0 Å². The monoisotopic (exact) mass is 374 g/mol. The molecule has 1 aromatic rings. The second-order valence-electron chi connectivity index (χ2n) is 8.62. The van der Waals surface area contributed by atoms with E-state index < -0.39 is 0 Å². The number of amides is 1. The smallest absolute Gasteiger partial charge is 0.249 e. The Morgan fingerprint density at radius 2 is 1.96 bits per heavy atom. The van der Waals surface area contributed by atoms with Gasteiger partial charge >= 0.3 is 0 Å². The topological polar surface area (TPSA) is 61.5 Å². The lowest BCUT2D eigenvalue weighted by molar-refractivity contribution is -0.140. The van der Waals surface area contributed by atoms with Crippen LogP contribution in [-0.2, 0) is 16.0 Å². The number of nitrogens with zero attached hydrogens (tertiary/aromatic N) is 3. The summed E-state index contributed by atoms with van der Waals surface area (Å²) in [6.07, 6.45) is 12.1. The van der Waals surface area contributed by atoms with Gasteiger partial charge in [0.05, 0.1) is 18.1 Å². The van der Waals surface area contributed by atoms with E-state index >= 15 is 0 Å². The van der Waals surface area contributed by atoms with Crippen LogP contribution in [0.15, 0.2) is 6.33 Å². The maximum atomic E-state index is 12.7. The Morgan fingerprint density at radius 1 is 1.19 bits per heavy atom. The van der Waals surface area contributed by atoms with Gasteiger partial charge in [-0.15, -0.1) is 0 Å². The lowest BCUT2D eigenvalue weighted by Crippen LogP contribution is -2.47. The highest BCUT2D eigenvalue weighted by atomic mass is 16.5. The Labute approximate surface area is 162 Å². The highest BCUT2D eigenvalue weighted by Gasteiger charge is 2.39. The van der Waals surface area contributed by atoms with Gasteiger partial charge in [-0.1, -0.05) is 19.3 Å². The third kappa shape index (κ3) is 4.21. The second-order valence-corrected chi connectivity index (χ2v) is 8.62. The third-order valence-electron chi connectivity index (χ3n) is 6.88. The van der Waals surface area contributed by atoms with Crippen LogP contribution in [0, 0.1) is 11.8 Å². The molecule has 1 saturated heterocycles. The van der Waals surface area contributed by atoms with Crippen LogP contribution < -0.4 is 0 Å². The summed E-state index contributed by atoms with van der Waals surface area (Å²) in [5.74, 6) is 1.50. The first-order chi connectivity index (χ1) is 13.3. The summed E-state index contributed by atoms with van der Waals surface area (Å²) in [5.41, 5.74) is 2.31. The minimum atomic E-state index is 0.0979. The number of hydrogen-bond acceptors (Lipinski definition) is 4. The summed E-state index contributed by atoms with van der Waals surface area (Å²) in [7, 11) is 1.60. The second kappa shape index (κ2) is 8.74. The fourth-order valence-electron chi connectivity index (χ4n) is 5.46. The van der Waals surface area contributed by atoms with Gasteiger partial charge in [-0.05, 0) is 50.6 Å². The van der Waals surface area contributed by atoms with Crippen molar-refractivity contribution in [3.8, 4) is 0 Å². The largest absolute Gasteiger partial charge is 0.375 e. The Bertz CT molecular complexity index is 617. The number of H-pyrrole nitrogens is 1.